The summed E-state index contributed by atoms with van der Waals surface area (Å²) in [6.45, 7) is 4.04. The van der Waals surface area contributed by atoms with E-state index in [2.05, 4.69) is 37.5 Å². The van der Waals surface area contributed by atoms with Gasteiger partial charge in [0.2, 0.25) is 0 Å². The van der Waals surface area contributed by atoms with E-state index >= 15 is 0 Å². The second kappa shape index (κ2) is 7.75. The average Bonchev–Trinajstić information content (AvgIpc) is 3.21. The molecule has 0 bridgehead atoms. The molecule has 1 unspecified atom stereocenters. The zero-order valence-corrected chi connectivity index (χ0v) is 16.3. The number of aryl methyl sites for hydroxylation is 1. The number of rotatable bonds is 6. The van der Waals surface area contributed by atoms with Gasteiger partial charge in [0.15, 0.2) is 5.82 Å². The fourth-order valence-corrected chi connectivity index (χ4v) is 3.05. The number of hydrogen-bond acceptors (Lipinski definition) is 4. The fourth-order valence-electron chi connectivity index (χ4n) is 2.64. The fraction of sp³-hybridized carbons (Fsp3) is 0.222. The molecule has 2 heterocycles. The molecule has 0 aliphatic carbocycles. The smallest absolute Gasteiger partial charge is 0.328 e. The molecule has 2 aromatic heterocycles. The van der Waals surface area contributed by atoms with Crippen molar-refractivity contribution in [3.8, 4) is 0 Å². The molecule has 9 heteroatoms. The SMILES string of the molecule is Cc1cccc(Cn2cc(Br)c(NC(=O)c3ccnn3C(C)C(=O)O)n2)c1. The lowest BCUT2D eigenvalue weighted by molar-refractivity contribution is -0.140. The third kappa shape index (κ3) is 4.25. The van der Waals surface area contributed by atoms with E-state index in [1.54, 1.807) is 10.9 Å². The van der Waals surface area contributed by atoms with E-state index in [1.807, 2.05) is 25.1 Å². The average molecular weight is 432 g/mol. The summed E-state index contributed by atoms with van der Waals surface area (Å²) in [6.07, 6.45) is 3.16. The predicted octanol–water partition coefficient (Wildman–Crippen LogP) is 3.10. The molecule has 0 aliphatic heterocycles. The first-order valence-electron chi connectivity index (χ1n) is 8.21. The molecule has 0 saturated heterocycles. The van der Waals surface area contributed by atoms with Crippen LogP contribution >= 0.6 is 15.9 Å². The number of anilines is 1. The van der Waals surface area contributed by atoms with Crippen molar-refractivity contribution in [2.24, 2.45) is 0 Å². The Bertz CT molecular complexity index is 995. The zero-order chi connectivity index (χ0) is 19.6. The first-order chi connectivity index (χ1) is 12.8. The van der Waals surface area contributed by atoms with Crippen molar-refractivity contribution in [2.45, 2.75) is 26.4 Å². The molecule has 0 saturated carbocycles. The molecule has 27 heavy (non-hydrogen) atoms. The molecule has 8 nitrogen and oxygen atoms in total. The number of carbonyl (C=O) groups excluding carboxylic acids is 1. The van der Waals surface area contributed by atoms with Crippen LogP contribution < -0.4 is 5.32 Å². The highest BCUT2D eigenvalue weighted by molar-refractivity contribution is 9.10. The lowest BCUT2D eigenvalue weighted by atomic mass is 10.1. The van der Waals surface area contributed by atoms with Crippen molar-refractivity contribution in [1.29, 1.82) is 0 Å². The molecule has 1 aromatic carbocycles. The van der Waals surface area contributed by atoms with Crippen LogP contribution in [0.15, 0.2) is 47.2 Å². The molecule has 1 atom stereocenters. The van der Waals surface area contributed by atoms with Crippen molar-refractivity contribution >= 4 is 33.6 Å². The number of carboxylic acid groups (broad SMARTS) is 1. The highest BCUT2D eigenvalue weighted by Crippen LogP contribution is 2.22. The maximum absolute atomic E-state index is 12.6. The van der Waals surface area contributed by atoms with Gasteiger partial charge in [-0.15, -0.1) is 0 Å². The van der Waals surface area contributed by atoms with Crippen LogP contribution in [0, 0.1) is 6.92 Å². The minimum atomic E-state index is -1.07. The van der Waals surface area contributed by atoms with Crippen LogP contribution in [-0.4, -0.2) is 36.5 Å². The third-order valence-electron chi connectivity index (χ3n) is 4.00. The summed E-state index contributed by atoms with van der Waals surface area (Å²) in [5.74, 6) is -1.21. The van der Waals surface area contributed by atoms with Crippen LogP contribution in [0.4, 0.5) is 5.82 Å². The number of halogens is 1. The van der Waals surface area contributed by atoms with Crippen LogP contribution in [0.2, 0.25) is 0 Å². The van der Waals surface area contributed by atoms with Gasteiger partial charge in [-0.3, -0.25) is 9.48 Å². The molecule has 0 radical (unpaired) electrons. The molecular weight excluding hydrogens is 414 g/mol. The highest BCUT2D eigenvalue weighted by atomic mass is 79.9. The molecule has 140 valence electrons. The van der Waals surface area contributed by atoms with Gasteiger partial charge in [0.25, 0.3) is 5.91 Å². The van der Waals surface area contributed by atoms with E-state index in [-0.39, 0.29) is 5.69 Å². The minimum absolute atomic E-state index is 0.144. The van der Waals surface area contributed by atoms with Gasteiger partial charge in [-0.05, 0) is 41.4 Å². The van der Waals surface area contributed by atoms with Crippen LogP contribution in [0.3, 0.4) is 0 Å². The zero-order valence-electron chi connectivity index (χ0n) is 14.8. The lowest BCUT2D eigenvalue weighted by Crippen LogP contribution is -2.24. The van der Waals surface area contributed by atoms with Gasteiger partial charge in [0, 0.05) is 12.4 Å². The molecule has 1 amide bonds. The monoisotopic (exact) mass is 431 g/mol. The molecule has 3 rings (SSSR count). The van der Waals surface area contributed by atoms with Gasteiger partial charge in [-0.1, -0.05) is 29.8 Å². The van der Waals surface area contributed by atoms with Crippen LogP contribution in [-0.2, 0) is 11.3 Å². The normalized spacial score (nSPS) is 12.0. The largest absolute Gasteiger partial charge is 0.480 e. The van der Waals surface area contributed by atoms with Crippen molar-refractivity contribution in [3.05, 3.63) is 64.0 Å². The first kappa shape index (κ1) is 18.8. The van der Waals surface area contributed by atoms with Crippen LogP contribution in [0.5, 0.6) is 0 Å². The summed E-state index contributed by atoms with van der Waals surface area (Å²) in [5.41, 5.74) is 2.40. The third-order valence-corrected chi connectivity index (χ3v) is 4.58. The molecule has 2 N–H and O–H groups in total. The number of nitrogens with one attached hydrogen (secondary N) is 1. The Morgan fingerprint density at radius 3 is 2.81 bits per heavy atom. The molecule has 0 spiro atoms. The minimum Gasteiger partial charge on any atom is -0.480 e. The van der Waals surface area contributed by atoms with Gasteiger partial charge in [0.1, 0.15) is 11.7 Å². The van der Waals surface area contributed by atoms with Crippen molar-refractivity contribution in [2.75, 3.05) is 5.32 Å². The van der Waals surface area contributed by atoms with Gasteiger partial charge >= 0.3 is 5.97 Å². The number of carboxylic acids is 1. The second-order valence-corrected chi connectivity index (χ2v) is 7.00. The number of hydrogen-bond donors (Lipinski definition) is 2. The van der Waals surface area contributed by atoms with Crippen LogP contribution in [0.25, 0.3) is 0 Å². The number of benzene rings is 1. The Kier molecular flexibility index (Phi) is 5.41. The Balaban J connectivity index is 1.77. The van der Waals surface area contributed by atoms with Gasteiger partial charge in [-0.25, -0.2) is 9.48 Å². The van der Waals surface area contributed by atoms with E-state index in [9.17, 15) is 9.59 Å². The quantitative estimate of drug-likeness (QED) is 0.624. The highest BCUT2D eigenvalue weighted by Gasteiger charge is 2.22. The molecule has 0 aliphatic rings. The maximum Gasteiger partial charge on any atom is 0.328 e. The van der Waals surface area contributed by atoms with E-state index < -0.39 is 17.9 Å². The van der Waals surface area contributed by atoms with Crippen LogP contribution in [0.1, 0.15) is 34.6 Å². The van der Waals surface area contributed by atoms with Gasteiger partial charge in [-0.2, -0.15) is 10.2 Å². The second-order valence-electron chi connectivity index (χ2n) is 6.14. The maximum atomic E-state index is 12.6. The molecule has 3 aromatic rings. The first-order valence-corrected chi connectivity index (χ1v) is 9.00. The Morgan fingerprint density at radius 2 is 2.11 bits per heavy atom. The van der Waals surface area contributed by atoms with Gasteiger partial charge < -0.3 is 10.4 Å². The summed E-state index contributed by atoms with van der Waals surface area (Å²) < 4.78 is 3.50. The lowest BCUT2D eigenvalue weighted by Gasteiger charge is -2.11. The van der Waals surface area contributed by atoms with E-state index in [0.717, 1.165) is 15.8 Å². The molecule has 0 fully saturated rings. The van der Waals surface area contributed by atoms with E-state index in [4.69, 9.17) is 5.11 Å². The Hall–Kier alpha value is -2.94. The van der Waals surface area contributed by atoms with Crippen molar-refractivity contribution in [3.63, 3.8) is 0 Å². The summed E-state index contributed by atoms with van der Waals surface area (Å²) in [7, 11) is 0. The molecular formula is C18H18BrN5O3. The number of aromatic nitrogens is 4. The van der Waals surface area contributed by atoms with Crippen molar-refractivity contribution in [1.82, 2.24) is 19.6 Å². The van der Waals surface area contributed by atoms with E-state index in [1.165, 1.54) is 19.2 Å². The standard InChI is InChI=1S/C18H18BrN5O3/c1-11-4-3-5-13(8-11)9-23-10-14(19)16(22-23)21-17(25)15-6-7-20-24(15)12(2)18(26)27/h3-8,10,12H,9H2,1-2H3,(H,26,27)(H,21,22,25). The number of aliphatic carboxylic acids is 1. The Labute approximate surface area is 163 Å². The number of amides is 1. The summed E-state index contributed by atoms with van der Waals surface area (Å²) in [4.78, 5) is 23.7. The summed E-state index contributed by atoms with van der Waals surface area (Å²) in [6, 6.07) is 8.59. The number of nitrogens with zero attached hydrogens (tertiary/aromatic N) is 4. The van der Waals surface area contributed by atoms with E-state index in [0.29, 0.717) is 16.8 Å². The summed E-state index contributed by atoms with van der Waals surface area (Å²) in [5, 5.41) is 20.1. The topological polar surface area (TPSA) is 102 Å². The predicted molar refractivity (Wildman–Crippen MR) is 103 cm³/mol. The summed E-state index contributed by atoms with van der Waals surface area (Å²) >= 11 is 3.39. The van der Waals surface area contributed by atoms with Crippen molar-refractivity contribution < 1.29 is 14.7 Å². The number of carbonyl (C=O) groups is 2. The van der Waals surface area contributed by atoms with Gasteiger partial charge in [0.05, 0.1) is 11.0 Å². The Morgan fingerprint density at radius 1 is 1.33 bits per heavy atom.